The van der Waals surface area contributed by atoms with Gasteiger partial charge in [-0.15, -0.1) is 0 Å². The second-order valence-electron chi connectivity index (χ2n) is 5.61. The number of aryl methyl sites for hydroxylation is 1. The fourth-order valence-corrected chi connectivity index (χ4v) is 2.84. The van der Waals surface area contributed by atoms with Gasteiger partial charge in [-0.25, -0.2) is 0 Å². The molecule has 5 heteroatoms. The summed E-state index contributed by atoms with van der Waals surface area (Å²) in [6.45, 7) is 1.80. The SMILES string of the molecule is O=C(CCc1cccnc1)N1CCO[C@@H](c2ccc(Cl)cc2)C1. The van der Waals surface area contributed by atoms with Crippen molar-refractivity contribution in [2.75, 3.05) is 19.7 Å². The maximum atomic E-state index is 12.4. The Morgan fingerprint density at radius 3 is 2.87 bits per heavy atom. The molecular weight excluding hydrogens is 312 g/mol. The predicted molar refractivity (Wildman–Crippen MR) is 89.3 cm³/mol. The lowest BCUT2D eigenvalue weighted by Gasteiger charge is -2.33. The van der Waals surface area contributed by atoms with E-state index in [4.69, 9.17) is 16.3 Å². The zero-order valence-electron chi connectivity index (χ0n) is 12.8. The summed E-state index contributed by atoms with van der Waals surface area (Å²) in [7, 11) is 0. The molecule has 120 valence electrons. The summed E-state index contributed by atoms with van der Waals surface area (Å²) in [6, 6.07) is 11.5. The number of hydrogen-bond donors (Lipinski definition) is 0. The standard InChI is InChI=1S/C18H19ClN2O2/c19-16-6-4-15(5-7-16)17-13-21(10-11-23-17)18(22)8-3-14-2-1-9-20-12-14/h1-2,4-7,9,12,17H,3,8,10-11,13H2/t17-/m1/s1. The van der Waals surface area contributed by atoms with Crippen molar-refractivity contribution in [2.24, 2.45) is 0 Å². The van der Waals surface area contributed by atoms with E-state index in [2.05, 4.69) is 4.98 Å². The van der Waals surface area contributed by atoms with Crippen LogP contribution in [0.3, 0.4) is 0 Å². The Labute approximate surface area is 141 Å². The molecule has 0 spiro atoms. The molecule has 23 heavy (non-hydrogen) atoms. The number of aromatic nitrogens is 1. The van der Waals surface area contributed by atoms with E-state index in [-0.39, 0.29) is 12.0 Å². The van der Waals surface area contributed by atoms with E-state index in [1.165, 1.54) is 0 Å². The molecule has 2 heterocycles. The third-order valence-electron chi connectivity index (χ3n) is 4.01. The zero-order valence-corrected chi connectivity index (χ0v) is 13.6. The van der Waals surface area contributed by atoms with Gasteiger partial charge in [-0.1, -0.05) is 29.8 Å². The van der Waals surface area contributed by atoms with Gasteiger partial charge in [0.25, 0.3) is 0 Å². The number of benzene rings is 1. The number of hydrogen-bond acceptors (Lipinski definition) is 3. The highest BCUT2D eigenvalue weighted by molar-refractivity contribution is 6.30. The average molecular weight is 331 g/mol. The lowest BCUT2D eigenvalue weighted by Crippen LogP contribution is -2.42. The Hall–Kier alpha value is -1.91. The maximum Gasteiger partial charge on any atom is 0.223 e. The van der Waals surface area contributed by atoms with Crippen LogP contribution in [-0.4, -0.2) is 35.5 Å². The van der Waals surface area contributed by atoms with Gasteiger partial charge in [-0.2, -0.15) is 0 Å². The summed E-state index contributed by atoms with van der Waals surface area (Å²) in [4.78, 5) is 18.4. The largest absolute Gasteiger partial charge is 0.370 e. The van der Waals surface area contributed by atoms with Gasteiger partial charge in [0.2, 0.25) is 5.91 Å². The van der Waals surface area contributed by atoms with Crippen LogP contribution in [0.25, 0.3) is 0 Å². The van der Waals surface area contributed by atoms with Crippen LogP contribution in [0.1, 0.15) is 23.7 Å². The number of amides is 1. The maximum absolute atomic E-state index is 12.4. The van der Waals surface area contributed by atoms with E-state index in [1.807, 2.05) is 47.5 Å². The highest BCUT2D eigenvalue weighted by atomic mass is 35.5. The lowest BCUT2D eigenvalue weighted by atomic mass is 10.1. The number of nitrogens with zero attached hydrogens (tertiary/aromatic N) is 2. The van der Waals surface area contributed by atoms with Crippen LogP contribution in [0.2, 0.25) is 5.02 Å². The number of rotatable bonds is 4. The number of pyridine rings is 1. The molecule has 1 aliphatic rings. The smallest absolute Gasteiger partial charge is 0.223 e. The topological polar surface area (TPSA) is 42.4 Å². The van der Waals surface area contributed by atoms with Crippen LogP contribution in [0, 0.1) is 0 Å². The predicted octanol–water partition coefficient (Wildman–Crippen LogP) is 3.27. The fraction of sp³-hybridized carbons (Fsp3) is 0.333. The minimum Gasteiger partial charge on any atom is -0.370 e. The summed E-state index contributed by atoms with van der Waals surface area (Å²) >= 11 is 5.92. The second kappa shape index (κ2) is 7.57. The highest BCUT2D eigenvalue weighted by Gasteiger charge is 2.25. The minimum absolute atomic E-state index is 0.0802. The summed E-state index contributed by atoms with van der Waals surface area (Å²) in [5.41, 5.74) is 2.14. The lowest BCUT2D eigenvalue weighted by molar-refractivity contribution is -0.139. The van der Waals surface area contributed by atoms with Crippen molar-refractivity contribution in [1.29, 1.82) is 0 Å². The molecule has 0 radical (unpaired) electrons. The molecule has 2 aromatic rings. The van der Waals surface area contributed by atoms with Crippen LogP contribution in [0.5, 0.6) is 0 Å². The third-order valence-corrected chi connectivity index (χ3v) is 4.26. The van der Waals surface area contributed by atoms with Crippen molar-refractivity contribution in [3.8, 4) is 0 Å². The number of halogens is 1. The molecule has 1 amide bonds. The van der Waals surface area contributed by atoms with Gasteiger partial charge in [-0.3, -0.25) is 9.78 Å². The van der Waals surface area contributed by atoms with Crippen molar-refractivity contribution in [1.82, 2.24) is 9.88 Å². The van der Waals surface area contributed by atoms with Crippen LogP contribution < -0.4 is 0 Å². The van der Waals surface area contributed by atoms with Crippen molar-refractivity contribution in [2.45, 2.75) is 18.9 Å². The third kappa shape index (κ3) is 4.30. The molecule has 1 aromatic heterocycles. The second-order valence-corrected chi connectivity index (χ2v) is 6.05. The monoisotopic (exact) mass is 330 g/mol. The number of ether oxygens (including phenoxy) is 1. The molecule has 0 unspecified atom stereocenters. The van der Waals surface area contributed by atoms with Crippen molar-refractivity contribution >= 4 is 17.5 Å². The molecule has 1 aromatic carbocycles. The van der Waals surface area contributed by atoms with Gasteiger partial charge in [0.1, 0.15) is 6.10 Å². The Balaban J connectivity index is 1.57. The van der Waals surface area contributed by atoms with Crippen LogP contribution >= 0.6 is 11.6 Å². The molecule has 1 aliphatic heterocycles. The molecule has 0 N–H and O–H groups in total. The zero-order chi connectivity index (χ0) is 16.1. The van der Waals surface area contributed by atoms with E-state index in [0.717, 1.165) is 17.5 Å². The van der Waals surface area contributed by atoms with Gasteiger partial charge in [0.05, 0.1) is 13.2 Å². The van der Waals surface area contributed by atoms with Gasteiger partial charge in [-0.05, 0) is 35.7 Å². The Kier molecular flexibility index (Phi) is 5.26. The Morgan fingerprint density at radius 2 is 2.13 bits per heavy atom. The van der Waals surface area contributed by atoms with E-state index >= 15 is 0 Å². The summed E-state index contributed by atoms with van der Waals surface area (Å²) in [5, 5.41) is 0.703. The summed E-state index contributed by atoms with van der Waals surface area (Å²) < 4.78 is 5.80. The van der Waals surface area contributed by atoms with Gasteiger partial charge in [0, 0.05) is 30.4 Å². The van der Waals surface area contributed by atoms with Gasteiger partial charge < -0.3 is 9.64 Å². The molecule has 1 saturated heterocycles. The normalized spacial score (nSPS) is 18.0. The minimum atomic E-state index is -0.0802. The Bertz CT molecular complexity index is 646. The van der Waals surface area contributed by atoms with Crippen molar-refractivity contribution in [3.05, 3.63) is 64.9 Å². The molecular formula is C18H19ClN2O2. The first-order chi connectivity index (χ1) is 11.2. The number of carbonyl (C=O) groups is 1. The quantitative estimate of drug-likeness (QED) is 0.864. The van der Waals surface area contributed by atoms with Crippen molar-refractivity contribution in [3.63, 3.8) is 0 Å². The summed E-state index contributed by atoms with van der Waals surface area (Å²) in [6.07, 6.45) is 4.69. The van der Waals surface area contributed by atoms with Gasteiger partial charge >= 0.3 is 0 Å². The molecule has 0 bridgehead atoms. The van der Waals surface area contributed by atoms with E-state index in [9.17, 15) is 4.79 Å². The Morgan fingerprint density at radius 1 is 1.30 bits per heavy atom. The average Bonchev–Trinajstić information content (AvgIpc) is 2.61. The number of carbonyl (C=O) groups excluding carboxylic acids is 1. The fourth-order valence-electron chi connectivity index (χ4n) is 2.71. The molecule has 0 saturated carbocycles. The molecule has 4 nitrogen and oxygen atoms in total. The van der Waals surface area contributed by atoms with Gasteiger partial charge in [0.15, 0.2) is 0 Å². The van der Waals surface area contributed by atoms with Crippen molar-refractivity contribution < 1.29 is 9.53 Å². The van der Waals surface area contributed by atoms with E-state index < -0.39 is 0 Å². The van der Waals surface area contributed by atoms with E-state index in [0.29, 0.717) is 31.1 Å². The van der Waals surface area contributed by atoms with Crippen LogP contribution in [0.15, 0.2) is 48.8 Å². The molecule has 0 aliphatic carbocycles. The first kappa shape index (κ1) is 16.0. The highest BCUT2D eigenvalue weighted by Crippen LogP contribution is 2.24. The number of morpholine rings is 1. The molecule has 3 rings (SSSR count). The van der Waals surface area contributed by atoms with E-state index in [1.54, 1.807) is 6.20 Å². The summed E-state index contributed by atoms with van der Waals surface area (Å²) in [5.74, 6) is 0.163. The van der Waals surface area contributed by atoms with Crippen LogP contribution in [-0.2, 0) is 16.0 Å². The first-order valence-corrected chi connectivity index (χ1v) is 8.14. The molecule has 1 atom stereocenters. The molecule has 1 fully saturated rings. The first-order valence-electron chi connectivity index (χ1n) is 7.76. The van der Waals surface area contributed by atoms with Crippen LogP contribution in [0.4, 0.5) is 0 Å².